The number of nitrogens with one attached hydrogen (secondary N) is 1. The lowest BCUT2D eigenvalue weighted by Gasteiger charge is -2.31. The van der Waals surface area contributed by atoms with Crippen LogP contribution in [0, 0.1) is 0 Å². The predicted molar refractivity (Wildman–Crippen MR) is 82.8 cm³/mol. The Kier molecular flexibility index (Phi) is 4.40. The molecule has 8 heteroatoms. The van der Waals surface area contributed by atoms with Gasteiger partial charge in [-0.1, -0.05) is 17.3 Å². The van der Waals surface area contributed by atoms with Gasteiger partial charge < -0.3 is 15.0 Å². The van der Waals surface area contributed by atoms with E-state index in [0.29, 0.717) is 13.1 Å². The average Bonchev–Trinajstić information content (AvgIpc) is 3.03. The van der Waals surface area contributed by atoms with Crippen molar-refractivity contribution in [1.29, 1.82) is 0 Å². The van der Waals surface area contributed by atoms with E-state index >= 15 is 0 Å². The molecule has 1 aromatic heterocycles. The molecule has 3 rings (SSSR count). The molecular formula is C15H19N5O3. The molecule has 122 valence electrons. The van der Waals surface area contributed by atoms with Crippen LogP contribution in [0.5, 0.6) is 0 Å². The molecule has 2 aromatic rings. The van der Waals surface area contributed by atoms with Gasteiger partial charge in [-0.2, -0.15) is 0 Å². The number of likely N-dealkylation sites (N-methyl/N-ethyl adjacent to an activating group) is 1. The Balaban J connectivity index is 1.58. The molecule has 1 fully saturated rings. The summed E-state index contributed by atoms with van der Waals surface area (Å²) in [6.07, 6.45) is 1.11. The number of likely N-dealkylation sites (tertiary alicyclic amines) is 1. The standard InChI is InChI=1S/C15H19N5O3/c1-16-14(21)10-23-15(22)19-8-6-11(7-9-19)20-13-5-3-2-4-12(13)17-18-20/h2-5,11H,6-10H2,1H3,(H,16,21). The van der Waals surface area contributed by atoms with Crippen LogP contribution < -0.4 is 5.32 Å². The van der Waals surface area contributed by atoms with Crippen molar-refractivity contribution >= 4 is 23.0 Å². The van der Waals surface area contributed by atoms with Crippen molar-refractivity contribution in [3.63, 3.8) is 0 Å². The quantitative estimate of drug-likeness (QED) is 0.910. The van der Waals surface area contributed by atoms with Crippen LogP contribution >= 0.6 is 0 Å². The topological polar surface area (TPSA) is 89.4 Å². The van der Waals surface area contributed by atoms with Crippen molar-refractivity contribution < 1.29 is 14.3 Å². The monoisotopic (exact) mass is 317 g/mol. The molecule has 1 N–H and O–H groups in total. The van der Waals surface area contributed by atoms with E-state index in [1.54, 1.807) is 4.90 Å². The fourth-order valence-corrected chi connectivity index (χ4v) is 2.74. The maximum Gasteiger partial charge on any atom is 0.410 e. The largest absolute Gasteiger partial charge is 0.439 e. The highest BCUT2D eigenvalue weighted by atomic mass is 16.6. The maximum absolute atomic E-state index is 11.9. The van der Waals surface area contributed by atoms with Gasteiger partial charge in [0.2, 0.25) is 0 Å². The van der Waals surface area contributed by atoms with E-state index in [0.717, 1.165) is 23.9 Å². The van der Waals surface area contributed by atoms with E-state index < -0.39 is 6.09 Å². The lowest BCUT2D eigenvalue weighted by molar-refractivity contribution is -0.123. The lowest BCUT2D eigenvalue weighted by Crippen LogP contribution is -2.40. The first-order valence-electron chi connectivity index (χ1n) is 7.61. The predicted octanol–water partition coefficient (Wildman–Crippen LogP) is 0.951. The van der Waals surface area contributed by atoms with Crippen LogP contribution in [-0.2, 0) is 9.53 Å². The Hall–Kier alpha value is -2.64. The molecular weight excluding hydrogens is 298 g/mol. The van der Waals surface area contributed by atoms with Crippen molar-refractivity contribution in [1.82, 2.24) is 25.2 Å². The molecule has 0 saturated carbocycles. The highest BCUT2D eigenvalue weighted by molar-refractivity contribution is 5.79. The number of nitrogens with zero attached hydrogens (tertiary/aromatic N) is 4. The molecule has 1 saturated heterocycles. The number of amides is 2. The molecule has 2 heterocycles. The average molecular weight is 317 g/mol. The van der Waals surface area contributed by atoms with Gasteiger partial charge in [0.15, 0.2) is 6.61 Å². The summed E-state index contributed by atoms with van der Waals surface area (Å²) in [7, 11) is 1.50. The third-order valence-electron chi connectivity index (χ3n) is 4.05. The Morgan fingerprint density at radius 2 is 2.04 bits per heavy atom. The molecule has 0 bridgehead atoms. The van der Waals surface area contributed by atoms with Crippen molar-refractivity contribution in [2.24, 2.45) is 0 Å². The Labute approximate surface area is 133 Å². The summed E-state index contributed by atoms with van der Waals surface area (Å²) in [4.78, 5) is 24.6. The van der Waals surface area contributed by atoms with Crippen LogP contribution in [0.1, 0.15) is 18.9 Å². The lowest BCUT2D eigenvalue weighted by atomic mass is 10.1. The molecule has 1 aromatic carbocycles. The first kappa shape index (κ1) is 15.3. The minimum Gasteiger partial charge on any atom is -0.439 e. The molecule has 0 atom stereocenters. The summed E-state index contributed by atoms with van der Waals surface area (Å²) in [6, 6.07) is 8.05. The first-order valence-corrected chi connectivity index (χ1v) is 7.61. The van der Waals surface area contributed by atoms with Gasteiger partial charge in [0.05, 0.1) is 11.6 Å². The van der Waals surface area contributed by atoms with Gasteiger partial charge in [0.25, 0.3) is 5.91 Å². The van der Waals surface area contributed by atoms with Gasteiger partial charge in [-0.15, -0.1) is 5.10 Å². The first-order chi connectivity index (χ1) is 11.2. The second-order valence-corrected chi connectivity index (χ2v) is 5.47. The second-order valence-electron chi connectivity index (χ2n) is 5.47. The number of carbonyl (C=O) groups excluding carboxylic acids is 2. The van der Waals surface area contributed by atoms with E-state index in [4.69, 9.17) is 4.74 Å². The number of piperidine rings is 1. The highest BCUT2D eigenvalue weighted by Gasteiger charge is 2.26. The summed E-state index contributed by atoms with van der Waals surface area (Å²) < 4.78 is 6.90. The van der Waals surface area contributed by atoms with Gasteiger partial charge in [0, 0.05) is 20.1 Å². The summed E-state index contributed by atoms with van der Waals surface area (Å²) >= 11 is 0. The van der Waals surface area contributed by atoms with Gasteiger partial charge in [-0.25, -0.2) is 9.48 Å². The number of aromatic nitrogens is 3. The highest BCUT2D eigenvalue weighted by Crippen LogP contribution is 2.25. The fraction of sp³-hybridized carbons (Fsp3) is 0.467. The van der Waals surface area contributed by atoms with Gasteiger partial charge in [0.1, 0.15) is 5.52 Å². The van der Waals surface area contributed by atoms with E-state index in [9.17, 15) is 9.59 Å². The van der Waals surface area contributed by atoms with Crippen LogP contribution in [0.4, 0.5) is 4.79 Å². The molecule has 0 aliphatic carbocycles. The zero-order chi connectivity index (χ0) is 16.2. The van der Waals surface area contributed by atoms with E-state index in [-0.39, 0.29) is 18.6 Å². The number of para-hydroxylation sites is 1. The number of carbonyl (C=O) groups is 2. The zero-order valence-electron chi connectivity index (χ0n) is 12.9. The zero-order valence-corrected chi connectivity index (χ0v) is 12.9. The second kappa shape index (κ2) is 6.64. The molecule has 0 spiro atoms. The van der Waals surface area contributed by atoms with Crippen molar-refractivity contribution in [2.75, 3.05) is 26.7 Å². The maximum atomic E-state index is 11.9. The molecule has 23 heavy (non-hydrogen) atoms. The number of rotatable bonds is 3. The van der Waals surface area contributed by atoms with Crippen LogP contribution in [0.25, 0.3) is 11.0 Å². The third-order valence-corrected chi connectivity index (χ3v) is 4.05. The fourth-order valence-electron chi connectivity index (χ4n) is 2.74. The summed E-state index contributed by atoms with van der Waals surface area (Å²) in [5.74, 6) is -0.317. The van der Waals surface area contributed by atoms with Gasteiger partial charge >= 0.3 is 6.09 Å². The Morgan fingerprint density at radius 3 is 2.78 bits per heavy atom. The Bertz CT molecular complexity index is 706. The van der Waals surface area contributed by atoms with E-state index in [1.807, 2.05) is 28.9 Å². The Morgan fingerprint density at radius 1 is 1.30 bits per heavy atom. The van der Waals surface area contributed by atoms with Crippen molar-refractivity contribution in [3.05, 3.63) is 24.3 Å². The third kappa shape index (κ3) is 3.25. The molecule has 1 aliphatic rings. The van der Waals surface area contributed by atoms with Crippen molar-refractivity contribution in [3.8, 4) is 0 Å². The summed E-state index contributed by atoms with van der Waals surface area (Å²) in [6.45, 7) is 0.903. The van der Waals surface area contributed by atoms with E-state index in [2.05, 4.69) is 15.6 Å². The molecule has 2 amide bonds. The number of benzene rings is 1. The number of hydrogen-bond acceptors (Lipinski definition) is 5. The minimum absolute atomic E-state index is 0.213. The van der Waals surface area contributed by atoms with E-state index in [1.165, 1.54) is 7.05 Å². The van der Waals surface area contributed by atoms with Gasteiger partial charge in [-0.05, 0) is 25.0 Å². The SMILES string of the molecule is CNC(=O)COC(=O)N1CCC(n2nnc3ccccc32)CC1. The van der Waals surface area contributed by atoms with Crippen LogP contribution in [0.2, 0.25) is 0 Å². The number of fused-ring (bicyclic) bond motifs is 1. The number of ether oxygens (including phenoxy) is 1. The molecule has 1 aliphatic heterocycles. The molecule has 8 nitrogen and oxygen atoms in total. The van der Waals surface area contributed by atoms with Gasteiger partial charge in [-0.3, -0.25) is 4.79 Å². The summed E-state index contributed by atoms with van der Waals surface area (Å²) in [5.41, 5.74) is 1.88. The van der Waals surface area contributed by atoms with Crippen LogP contribution in [0.15, 0.2) is 24.3 Å². The summed E-state index contributed by atoms with van der Waals surface area (Å²) in [5, 5.41) is 10.8. The smallest absolute Gasteiger partial charge is 0.410 e. The number of hydrogen-bond donors (Lipinski definition) is 1. The molecule has 0 radical (unpaired) electrons. The van der Waals surface area contributed by atoms with Crippen molar-refractivity contribution in [2.45, 2.75) is 18.9 Å². The molecule has 0 unspecified atom stereocenters. The van der Waals surface area contributed by atoms with Crippen LogP contribution in [0.3, 0.4) is 0 Å². The van der Waals surface area contributed by atoms with Crippen LogP contribution in [-0.4, -0.2) is 58.6 Å². The normalized spacial score (nSPS) is 15.6. The minimum atomic E-state index is -0.449.